The molecule has 0 saturated heterocycles. The third-order valence-corrected chi connectivity index (χ3v) is 7.20. The molecule has 7 heteroatoms. The SMILES string of the molecule is COC(=O)CC1COc2cc(O[C@@H]3CCc4c(-c5c(C)cc(O)cc5C)c(Cl)cc(F)c43)ccc21. The number of phenolic OH excluding ortho intramolecular Hbond substituents is 1. The van der Waals surface area contributed by atoms with Crippen molar-refractivity contribution in [1.29, 1.82) is 0 Å². The van der Waals surface area contributed by atoms with Crippen molar-refractivity contribution < 1.29 is 28.5 Å². The Balaban J connectivity index is 1.47. The Kier molecular flexibility index (Phi) is 6.09. The predicted octanol–water partition coefficient (Wildman–Crippen LogP) is 6.57. The number of halogens is 2. The molecular weight excluding hydrogens is 471 g/mol. The molecule has 35 heavy (non-hydrogen) atoms. The van der Waals surface area contributed by atoms with E-state index in [0.29, 0.717) is 41.5 Å². The maximum Gasteiger partial charge on any atom is 0.306 e. The van der Waals surface area contributed by atoms with Gasteiger partial charge in [0, 0.05) is 28.7 Å². The van der Waals surface area contributed by atoms with Crippen LogP contribution in [0.1, 0.15) is 52.7 Å². The monoisotopic (exact) mass is 496 g/mol. The summed E-state index contributed by atoms with van der Waals surface area (Å²) in [7, 11) is 1.37. The van der Waals surface area contributed by atoms with Crippen LogP contribution in [0.3, 0.4) is 0 Å². The molecule has 1 aliphatic carbocycles. The summed E-state index contributed by atoms with van der Waals surface area (Å²) in [6.45, 7) is 4.23. The van der Waals surface area contributed by atoms with Crippen molar-refractivity contribution in [3.8, 4) is 28.4 Å². The maximum atomic E-state index is 15.2. The number of aromatic hydroxyl groups is 1. The lowest BCUT2D eigenvalue weighted by Gasteiger charge is -2.20. The molecule has 0 amide bonds. The van der Waals surface area contributed by atoms with E-state index < -0.39 is 6.10 Å². The molecule has 1 unspecified atom stereocenters. The zero-order chi connectivity index (χ0) is 24.9. The van der Waals surface area contributed by atoms with E-state index in [-0.39, 0.29) is 29.9 Å². The molecule has 1 N–H and O–H groups in total. The third kappa shape index (κ3) is 4.20. The molecule has 0 radical (unpaired) electrons. The molecule has 182 valence electrons. The number of ether oxygens (including phenoxy) is 3. The second-order valence-electron chi connectivity index (χ2n) is 9.19. The van der Waals surface area contributed by atoms with E-state index in [0.717, 1.165) is 33.4 Å². The molecule has 0 bridgehead atoms. The van der Waals surface area contributed by atoms with E-state index in [1.54, 1.807) is 18.2 Å². The van der Waals surface area contributed by atoms with Crippen molar-refractivity contribution >= 4 is 17.6 Å². The second-order valence-corrected chi connectivity index (χ2v) is 9.60. The first-order chi connectivity index (χ1) is 16.8. The molecule has 0 spiro atoms. The van der Waals surface area contributed by atoms with E-state index in [1.165, 1.54) is 13.2 Å². The Bertz CT molecular complexity index is 1310. The highest BCUT2D eigenvalue weighted by Gasteiger charge is 2.33. The fraction of sp³-hybridized carbons (Fsp3) is 0.321. The van der Waals surface area contributed by atoms with Gasteiger partial charge < -0.3 is 19.3 Å². The molecule has 3 aromatic rings. The fourth-order valence-electron chi connectivity index (χ4n) is 5.38. The van der Waals surface area contributed by atoms with Gasteiger partial charge in [0.15, 0.2) is 0 Å². The van der Waals surface area contributed by atoms with E-state index >= 15 is 4.39 Å². The number of fused-ring (bicyclic) bond motifs is 2. The van der Waals surface area contributed by atoms with Gasteiger partial charge in [0.2, 0.25) is 0 Å². The number of rotatable bonds is 5. The summed E-state index contributed by atoms with van der Waals surface area (Å²) in [4.78, 5) is 11.7. The molecule has 3 aromatic carbocycles. The number of benzene rings is 3. The van der Waals surface area contributed by atoms with E-state index in [2.05, 4.69) is 0 Å². The fourth-order valence-corrected chi connectivity index (χ4v) is 5.69. The zero-order valence-electron chi connectivity index (χ0n) is 19.8. The zero-order valence-corrected chi connectivity index (χ0v) is 20.5. The lowest BCUT2D eigenvalue weighted by molar-refractivity contribution is -0.141. The van der Waals surface area contributed by atoms with E-state index in [4.69, 9.17) is 25.8 Å². The molecule has 2 aliphatic rings. The lowest BCUT2D eigenvalue weighted by Crippen LogP contribution is -2.09. The van der Waals surface area contributed by atoms with Crippen LogP contribution in [0.15, 0.2) is 36.4 Å². The number of aryl methyl sites for hydroxylation is 2. The first kappa shape index (κ1) is 23.5. The molecular formula is C28H26ClFO5. The Morgan fingerprint density at radius 3 is 2.63 bits per heavy atom. The Hall–Kier alpha value is -3.25. The summed E-state index contributed by atoms with van der Waals surface area (Å²) in [5, 5.41) is 10.3. The number of esters is 1. The van der Waals surface area contributed by atoms with Crippen LogP contribution in [0.4, 0.5) is 4.39 Å². The average molecular weight is 497 g/mol. The quantitative estimate of drug-likeness (QED) is 0.404. The van der Waals surface area contributed by atoms with Gasteiger partial charge in [-0.05, 0) is 73.2 Å². The van der Waals surface area contributed by atoms with Crippen LogP contribution in [-0.2, 0) is 16.0 Å². The van der Waals surface area contributed by atoms with E-state index in [9.17, 15) is 9.90 Å². The van der Waals surface area contributed by atoms with Gasteiger partial charge in [-0.3, -0.25) is 4.79 Å². The van der Waals surface area contributed by atoms with Gasteiger partial charge >= 0.3 is 5.97 Å². The van der Waals surface area contributed by atoms with Crippen LogP contribution in [0.25, 0.3) is 11.1 Å². The first-order valence-corrected chi connectivity index (χ1v) is 12.0. The summed E-state index contributed by atoms with van der Waals surface area (Å²) >= 11 is 6.57. The Labute approximate surface area is 208 Å². The highest BCUT2D eigenvalue weighted by atomic mass is 35.5. The minimum atomic E-state index is -0.468. The van der Waals surface area contributed by atoms with Gasteiger partial charge in [0.1, 0.15) is 29.2 Å². The van der Waals surface area contributed by atoms with Gasteiger partial charge in [-0.1, -0.05) is 17.7 Å². The topological polar surface area (TPSA) is 65.0 Å². The van der Waals surface area contributed by atoms with Crippen LogP contribution in [0, 0.1) is 19.7 Å². The molecule has 0 aromatic heterocycles. The molecule has 5 rings (SSSR count). The summed E-state index contributed by atoms with van der Waals surface area (Å²) in [5.41, 5.74) is 5.75. The van der Waals surface area contributed by atoms with Crippen molar-refractivity contribution in [2.75, 3.05) is 13.7 Å². The number of hydrogen-bond donors (Lipinski definition) is 1. The molecule has 1 heterocycles. The molecule has 1 aliphatic heterocycles. The largest absolute Gasteiger partial charge is 0.508 e. The normalized spacial score (nSPS) is 18.1. The smallest absolute Gasteiger partial charge is 0.306 e. The van der Waals surface area contributed by atoms with Crippen LogP contribution in [0.5, 0.6) is 17.2 Å². The van der Waals surface area contributed by atoms with Crippen LogP contribution in [-0.4, -0.2) is 24.8 Å². The number of phenols is 1. The summed E-state index contributed by atoms with van der Waals surface area (Å²) in [6, 6.07) is 10.3. The molecule has 0 saturated carbocycles. The highest BCUT2D eigenvalue weighted by Crippen LogP contribution is 2.47. The van der Waals surface area contributed by atoms with Crippen LogP contribution < -0.4 is 9.47 Å². The first-order valence-electron chi connectivity index (χ1n) is 11.6. The Morgan fingerprint density at radius 2 is 1.91 bits per heavy atom. The predicted molar refractivity (Wildman–Crippen MR) is 131 cm³/mol. The molecule has 2 atom stereocenters. The summed E-state index contributed by atoms with van der Waals surface area (Å²) in [5.74, 6) is 0.708. The van der Waals surface area contributed by atoms with Gasteiger partial charge in [0.25, 0.3) is 0 Å². The van der Waals surface area contributed by atoms with Crippen molar-refractivity contribution in [2.24, 2.45) is 0 Å². The van der Waals surface area contributed by atoms with Gasteiger partial charge in [0.05, 0.1) is 25.2 Å². The van der Waals surface area contributed by atoms with Gasteiger partial charge in [-0.25, -0.2) is 4.39 Å². The number of carbonyl (C=O) groups excluding carboxylic acids is 1. The maximum absolute atomic E-state index is 15.2. The summed E-state index contributed by atoms with van der Waals surface area (Å²) < 4.78 is 32.0. The third-order valence-electron chi connectivity index (χ3n) is 6.91. The minimum absolute atomic E-state index is 0.0577. The lowest BCUT2D eigenvalue weighted by atomic mass is 9.90. The molecule has 0 fully saturated rings. The molecule has 5 nitrogen and oxygen atoms in total. The Morgan fingerprint density at radius 1 is 1.17 bits per heavy atom. The number of carbonyl (C=O) groups is 1. The van der Waals surface area contributed by atoms with Crippen molar-refractivity contribution in [3.63, 3.8) is 0 Å². The van der Waals surface area contributed by atoms with Crippen molar-refractivity contribution in [1.82, 2.24) is 0 Å². The van der Waals surface area contributed by atoms with Crippen molar-refractivity contribution in [3.05, 3.63) is 75.1 Å². The average Bonchev–Trinajstić information content (AvgIpc) is 3.39. The van der Waals surface area contributed by atoms with E-state index in [1.807, 2.05) is 26.0 Å². The van der Waals surface area contributed by atoms with Crippen molar-refractivity contribution in [2.45, 2.75) is 45.1 Å². The van der Waals surface area contributed by atoms with Gasteiger partial charge in [-0.2, -0.15) is 0 Å². The number of methoxy groups -OCH3 is 1. The van der Waals surface area contributed by atoms with Gasteiger partial charge in [-0.15, -0.1) is 0 Å². The number of hydrogen-bond acceptors (Lipinski definition) is 5. The van der Waals surface area contributed by atoms with Crippen LogP contribution in [0.2, 0.25) is 5.02 Å². The standard InChI is InChI=1S/C28H26ClFO5/c1-14-8-17(31)9-15(2)26(14)27-20-6-7-23(28(20)22(30)12-21(27)29)35-18-4-5-19-16(10-25(32)33-3)13-34-24(19)11-18/h4-5,8-9,11-12,16,23,31H,6-7,10,13H2,1-3H3/t16?,23-/m1/s1. The summed E-state index contributed by atoms with van der Waals surface area (Å²) in [6.07, 6.45) is 1.02. The second kappa shape index (κ2) is 9.08. The van der Waals surface area contributed by atoms with Crippen LogP contribution >= 0.6 is 11.6 Å². The minimum Gasteiger partial charge on any atom is -0.508 e. The highest BCUT2D eigenvalue weighted by molar-refractivity contribution is 6.33.